The fraction of sp³-hybridized carbons (Fsp3) is 0.478. The van der Waals surface area contributed by atoms with Crippen molar-refractivity contribution in [2.45, 2.75) is 25.4 Å². The van der Waals surface area contributed by atoms with Crippen LogP contribution in [-0.4, -0.2) is 69.1 Å². The largest absolute Gasteiger partial charge is 0.497 e. The number of nitrogens with one attached hydrogen (secondary N) is 2. The molecule has 3 rings (SSSR count). The second-order valence-electron chi connectivity index (χ2n) is 7.81. The van der Waals surface area contributed by atoms with Crippen molar-refractivity contribution in [3.8, 4) is 5.75 Å². The zero-order valence-corrected chi connectivity index (χ0v) is 18.6. The van der Waals surface area contributed by atoms with Gasteiger partial charge < -0.3 is 24.7 Å². The minimum absolute atomic E-state index is 0.0129. The lowest BCUT2D eigenvalue weighted by molar-refractivity contribution is -0.127. The van der Waals surface area contributed by atoms with Crippen molar-refractivity contribution in [3.05, 3.63) is 54.0 Å². The molecule has 1 atom stereocenters. The van der Waals surface area contributed by atoms with Gasteiger partial charge in [-0.3, -0.25) is 9.69 Å². The van der Waals surface area contributed by atoms with Crippen molar-refractivity contribution in [1.82, 2.24) is 20.4 Å². The Kier molecular flexibility index (Phi) is 8.35. The van der Waals surface area contributed by atoms with Gasteiger partial charge in [0.05, 0.1) is 32.5 Å². The number of benzene rings is 1. The number of carbonyl (C=O) groups is 1. The number of furan rings is 1. The molecule has 1 aromatic heterocycles. The molecule has 0 bridgehead atoms. The zero-order valence-electron chi connectivity index (χ0n) is 18.6. The molecule has 1 amide bonds. The number of hydrogen-bond acceptors (Lipinski definition) is 5. The zero-order chi connectivity index (χ0) is 22.1. The third-order valence-electron chi connectivity index (χ3n) is 5.40. The Morgan fingerprint density at radius 1 is 1.19 bits per heavy atom. The first-order valence-electron chi connectivity index (χ1n) is 10.7. The lowest BCUT2D eigenvalue weighted by Gasteiger charge is -2.27. The Labute approximate surface area is 184 Å². The number of amides is 1. The molecule has 2 heterocycles. The quantitative estimate of drug-likeness (QED) is 0.472. The molecule has 1 aliphatic heterocycles. The summed E-state index contributed by atoms with van der Waals surface area (Å²) in [6, 6.07) is 11.9. The van der Waals surface area contributed by atoms with Gasteiger partial charge in [0.1, 0.15) is 11.5 Å². The van der Waals surface area contributed by atoms with Gasteiger partial charge in [-0.15, -0.1) is 0 Å². The number of nitrogens with zero attached hydrogens (tertiary/aromatic N) is 3. The number of hydrogen-bond donors (Lipinski definition) is 2. The van der Waals surface area contributed by atoms with E-state index in [-0.39, 0.29) is 18.5 Å². The molecule has 2 aromatic rings. The fourth-order valence-electron chi connectivity index (χ4n) is 3.53. The highest BCUT2D eigenvalue weighted by atomic mass is 16.5. The van der Waals surface area contributed by atoms with Crippen molar-refractivity contribution in [2.24, 2.45) is 4.99 Å². The van der Waals surface area contributed by atoms with Gasteiger partial charge in [-0.05, 0) is 55.8 Å². The number of carbonyl (C=O) groups excluding carboxylic acids is 1. The number of ether oxygens (including phenoxy) is 1. The Morgan fingerprint density at radius 3 is 2.55 bits per heavy atom. The van der Waals surface area contributed by atoms with Gasteiger partial charge in [0.25, 0.3) is 0 Å². The van der Waals surface area contributed by atoms with Gasteiger partial charge in [0.2, 0.25) is 5.91 Å². The van der Waals surface area contributed by atoms with Gasteiger partial charge in [0.15, 0.2) is 5.96 Å². The summed E-state index contributed by atoms with van der Waals surface area (Å²) in [5, 5.41) is 6.57. The van der Waals surface area contributed by atoms with Crippen molar-refractivity contribution >= 4 is 11.9 Å². The number of methoxy groups -OCH3 is 1. The fourth-order valence-corrected chi connectivity index (χ4v) is 3.53. The molecule has 31 heavy (non-hydrogen) atoms. The van der Waals surface area contributed by atoms with E-state index in [2.05, 4.69) is 15.5 Å². The molecular weight excluding hydrogens is 394 g/mol. The molecule has 1 unspecified atom stereocenters. The van der Waals surface area contributed by atoms with Crippen LogP contribution < -0.4 is 15.4 Å². The van der Waals surface area contributed by atoms with E-state index in [1.165, 1.54) is 12.8 Å². The summed E-state index contributed by atoms with van der Waals surface area (Å²) >= 11 is 0. The summed E-state index contributed by atoms with van der Waals surface area (Å²) in [6.07, 6.45) is 4.11. The topological polar surface area (TPSA) is 82.3 Å². The highest BCUT2D eigenvalue weighted by Crippen LogP contribution is 2.24. The molecule has 0 radical (unpaired) electrons. The van der Waals surface area contributed by atoms with E-state index in [9.17, 15) is 4.79 Å². The summed E-state index contributed by atoms with van der Waals surface area (Å²) in [6.45, 7) is 3.41. The Balaban J connectivity index is 1.68. The number of guanidine groups is 1. The Bertz CT molecular complexity index is 827. The highest BCUT2D eigenvalue weighted by molar-refractivity contribution is 5.86. The predicted molar refractivity (Wildman–Crippen MR) is 121 cm³/mol. The number of likely N-dealkylation sites (N-methyl/N-ethyl adjacent to an activating group) is 1. The van der Waals surface area contributed by atoms with Crippen molar-refractivity contribution in [1.29, 1.82) is 0 Å². The maximum atomic E-state index is 12.1. The van der Waals surface area contributed by atoms with Gasteiger partial charge in [-0.25, -0.2) is 4.99 Å². The van der Waals surface area contributed by atoms with Crippen LogP contribution in [0.5, 0.6) is 5.75 Å². The maximum Gasteiger partial charge on any atom is 0.241 e. The normalized spacial score (nSPS) is 15.5. The van der Waals surface area contributed by atoms with Crippen LogP contribution in [0.1, 0.15) is 30.2 Å². The monoisotopic (exact) mass is 427 g/mol. The molecule has 168 valence electrons. The minimum atomic E-state index is -0.0129. The van der Waals surface area contributed by atoms with Crippen LogP contribution in [0.4, 0.5) is 0 Å². The number of rotatable bonds is 9. The average molecular weight is 428 g/mol. The van der Waals surface area contributed by atoms with Crippen molar-refractivity contribution in [3.63, 3.8) is 0 Å². The molecule has 1 saturated heterocycles. The second kappa shape index (κ2) is 11.4. The van der Waals surface area contributed by atoms with Gasteiger partial charge >= 0.3 is 0 Å². The first kappa shape index (κ1) is 22.7. The maximum absolute atomic E-state index is 12.1. The SMILES string of the molecule is COc1ccc(CN=C(NCC(=O)N(C)C)NCC(c2ccco2)N2CCCC2)cc1. The Morgan fingerprint density at radius 2 is 1.94 bits per heavy atom. The van der Waals surface area contributed by atoms with E-state index >= 15 is 0 Å². The standard InChI is InChI=1S/C23H33N5O3/c1-27(2)22(29)17-26-23(24-15-18-8-10-19(30-3)11-9-18)25-16-20(21-7-6-14-31-21)28-12-4-5-13-28/h6-11,14,20H,4-5,12-13,15-17H2,1-3H3,(H2,24,25,26). The molecule has 1 fully saturated rings. The second-order valence-corrected chi connectivity index (χ2v) is 7.81. The van der Waals surface area contributed by atoms with E-state index in [1.54, 1.807) is 32.4 Å². The first-order valence-corrected chi connectivity index (χ1v) is 10.7. The molecule has 1 aromatic carbocycles. The van der Waals surface area contributed by atoms with E-state index in [0.717, 1.165) is 30.2 Å². The highest BCUT2D eigenvalue weighted by Gasteiger charge is 2.25. The van der Waals surface area contributed by atoms with Crippen LogP contribution in [0.25, 0.3) is 0 Å². The lowest BCUT2D eigenvalue weighted by atomic mass is 10.2. The van der Waals surface area contributed by atoms with Crippen LogP contribution in [-0.2, 0) is 11.3 Å². The summed E-state index contributed by atoms with van der Waals surface area (Å²) in [5.41, 5.74) is 1.06. The first-order chi connectivity index (χ1) is 15.1. The molecule has 0 spiro atoms. The van der Waals surface area contributed by atoms with Crippen molar-refractivity contribution in [2.75, 3.05) is 47.4 Å². The van der Waals surface area contributed by atoms with Crippen LogP contribution in [0, 0.1) is 0 Å². The molecular formula is C23H33N5O3. The van der Waals surface area contributed by atoms with Crippen LogP contribution in [0.2, 0.25) is 0 Å². The molecule has 8 heteroatoms. The van der Waals surface area contributed by atoms with Crippen LogP contribution >= 0.6 is 0 Å². The van der Waals surface area contributed by atoms with Gasteiger partial charge in [-0.1, -0.05) is 12.1 Å². The average Bonchev–Trinajstić information content (AvgIpc) is 3.50. The summed E-state index contributed by atoms with van der Waals surface area (Å²) < 4.78 is 10.9. The molecule has 8 nitrogen and oxygen atoms in total. The third kappa shape index (κ3) is 6.75. The van der Waals surface area contributed by atoms with E-state index < -0.39 is 0 Å². The molecule has 0 aliphatic carbocycles. The minimum Gasteiger partial charge on any atom is -0.497 e. The van der Waals surface area contributed by atoms with Crippen LogP contribution in [0.15, 0.2) is 52.1 Å². The van der Waals surface area contributed by atoms with E-state index in [4.69, 9.17) is 14.1 Å². The molecule has 2 N–H and O–H groups in total. The number of likely N-dealkylation sites (tertiary alicyclic amines) is 1. The summed E-state index contributed by atoms with van der Waals surface area (Å²) in [5.74, 6) is 2.34. The third-order valence-corrected chi connectivity index (χ3v) is 5.40. The summed E-state index contributed by atoms with van der Waals surface area (Å²) in [4.78, 5) is 20.8. The molecule has 0 saturated carbocycles. The van der Waals surface area contributed by atoms with E-state index in [1.807, 2.05) is 36.4 Å². The molecule has 1 aliphatic rings. The van der Waals surface area contributed by atoms with Crippen molar-refractivity contribution < 1.29 is 13.9 Å². The summed E-state index contributed by atoms with van der Waals surface area (Å²) in [7, 11) is 5.13. The van der Waals surface area contributed by atoms with E-state index in [0.29, 0.717) is 19.0 Å². The van der Waals surface area contributed by atoms with Gasteiger partial charge in [0, 0.05) is 20.6 Å². The number of aliphatic imine (C=N–C) groups is 1. The predicted octanol–water partition coefficient (Wildman–Crippen LogP) is 2.25. The van der Waals surface area contributed by atoms with Gasteiger partial charge in [-0.2, -0.15) is 0 Å². The Hall–Kier alpha value is -3.00. The lowest BCUT2D eigenvalue weighted by Crippen LogP contribution is -2.45. The smallest absolute Gasteiger partial charge is 0.241 e. The van der Waals surface area contributed by atoms with Crippen LogP contribution in [0.3, 0.4) is 0 Å².